The first-order valence-electron chi connectivity index (χ1n) is 9.09. The molecule has 0 saturated heterocycles. The van der Waals surface area contributed by atoms with Crippen molar-refractivity contribution in [3.8, 4) is 23.4 Å². The number of aryl methyl sites for hydroxylation is 1. The van der Waals surface area contributed by atoms with Crippen LogP contribution in [0.25, 0.3) is 0 Å². The van der Waals surface area contributed by atoms with E-state index in [2.05, 4.69) is 16.3 Å². The van der Waals surface area contributed by atoms with Gasteiger partial charge in [0, 0.05) is 11.3 Å². The van der Waals surface area contributed by atoms with Crippen molar-refractivity contribution >= 4 is 0 Å². The van der Waals surface area contributed by atoms with E-state index in [0.717, 1.165) is 35.4 Å². The van der Waals surface area contributed by atoms with Gasteiger partial charge >= 0.3 is 0 Å². The number of nitrogens with one attached hydrogen (secondary N) is 1. The number of allylic oxidation sites excluding steroid dienone is 1. The lowest BCUT2D eigenvalue weighted by molar-refractivity contribution is 0.200. The monoisotopic (exact) mass is 366 g/mol. The molecule has 0 radical (unpaired) electrons. The second-order valence-electron chi connectivity index (χ2n) is 6.93. The topological polar surface area (TPSA) is 106 Å². The molecule has 3 N–H and O–H groups in total. The van der Waals surface area contributed by atoms with Crippen LogP contribution in [0.3, 0.4) is 0 Å². The van der Waals surface area contributed by atoms with Gasteiger partial charge in [0.2, 0.25) is 11.8 Å². The molecule has 2 heterocycles. The number of ether oxygens (including phenoxy) is 3. The number of H-pyrrole nitrogens is 1. The van der Waals surface area contributed by atoms with Crippen LogP contribution >= 0.6 is 0 Å². The number of hydrogen-bond donors (Lipinski definition) is 2. The maximum absolute atomic E-state index is 9.66. The van der Waals surface area contributed by atoms with Crippen LogP contribution < -0.4 is 19.9 Å². The van der Waals surface area contributed by atoms with E-state index in [1.807, 2.05) is 25.1 Å². The molecule has 1 aromatic heterocycles. The summed E-state index contributed by atoms with van der Waals surface area (Å²) in [6.45, 7) is 1.90. The van der Waals surface area contributed by atoms with Gasteiger partial charge in [-0.3, -0.25) is 5.10 Å². The SMILES string of the molecule is COc1cc([C@@H]2C(C#N)=C(N)Oc3n[nH]c(C)c32)ccc1OC1CCCC1. The second kappa shape index (κ2) is 6.88. The van der Waals surface area contributed by atoms with Gasteiger partial charge in [-0.1, -0.05) is 6.07 Å². The van der Waals surface area contributed by atoms with Gasteiger partial charge in [-0.25, -0.2) is 0 Å². The van der Waals surface area contributed by atoms with Gasteiger partial charge in [-0.05, 0) is 50.3 Å². The van der Waals surface area contributed by atoms with Gasteiger partial charge in [-0.2, -0.15) is 5.26 Å². The smallest absolute Gasteiger partial charge is 0.244 e. The van der Waals surface area contributed by atoms with Gasteiger partial charge < -0.3 is 19.9 Å². The van der Waals surface area contributed by atoms with Crippen molar-refractivity contribution in [3.05, 3.63) is 46.5 Å². The fraction of sp³-hybridized carbons (Fsp3) is 0.400. The number of rotatable bonds is 4. The highest BCUT2D eigenvalue weighted by Crippen LogP contribution is 2.44. The Kier molecular flexibility index (Phi) is 4.40. The minimum atomic E-state index is -0.369. The molecule has 1 aromatic carbocycles. The lowest BCUT2D eigenvalue weighted by Gasteiger charge is -2.24. The van der Waals surface area contributed by atoms with Crippen molar-refractivity contribution in [2.24, 2.45) is 5.73 Å². The molecule has 2 aliphatic rings. The normalized spacial score (nSPS) is 19.4. The third-order valence-corrected chi connectivity index (χ3v) is 5.25. The maximum atomic E-state index is 9.66. The number of nitriles is 1. The van der Waals surface area contributed by atoms with Crippen LogP contribution in [-0.2, 0) is 0 Å². The molecule has 2 aromatic rings. The van der Waals surface area contributed by atoms with E-state index in [1.165, 1.54) is 12.8 Å². The molecule has 1 aliphatic carbocycles. The van der Waals surface area contributed by atoms with Gasteiger partial charge in [0.15, 0.2) is 11.5 Å². The van der Waals surface area contributed by atoms with Crippen LogP contribution in [0.15, 0.2) is 29.7 Å². The van der Waals surface area contributed by atoms with Crippen molar-refractivity contribution in [1.29, 1.82) is 5.26 Å². The summed E-state index contributed by atoms with van der Waals surface area (Å²) >= 11 is 0. The Morgan fingerprint density at radius 1 is 1.30 bits per heavy atom. The van der Waals surface area contributed by atoms with Crippen molar-refractivity contribution < 1.29 is 14.2 Å². The summed E-state index contributed by atoms with van der Waals surface area (Å²) in [5, 5.41) is 16.7. The predicted octanol–water partition coefficient (Wildman–Crippen LogP) is 3.27. The molecule has 1 fully saturated rings. The Morgan fingerprint density at radius 2 is 2.07 bits per heavy atom. The zero-order chi connectivity index (χ0) is 19.0. The van der Waals surface area contributed by atoms with E-state index in [4.69, 9.17) is 19.9 Å². The Bertz CT molecular complexity index is 935. The van der Waals surface area contributed by atoms with Crippen molar-refractivity contribution in [2.75, 3.05) is 7.11 Å². The highest BCUT2D eigenvalue weighted by atomic mass is 16.5. The molecule has 1 atom stereocenters. The number of methoxy groups -OCH3 is 1. The third-order valence-electron chi connectivity index (χ3n) is 5.25. The molecule has 4 rings (SSSR count). The first kappa shape index (κ1) is 17.3. The minimum absolute atomic E-state index is 0.0757. The van der Waals surface area contributed by atoms with Crippen molar-refractivity contribution in [2.45, 2.75) is 44.6 Å². The van der Waals surface area contributed by atoms with Gasteiger partial charge in [-0.15, -0.1) is 5.10 Å². The van der Waals surface area contributed by atoms with Gasteiger partial charge in [0.05, 0.1) is 19.1 Å². The van der Waals surface area contributed by atoms with Gasteiger partial charge in [0.1, 0.15) is 11.6 Å². The minimum Gasteiger partial charge on any atom is -0.493 e. The van der Waals surface area contributed by atoms with E-state index in [-0.39, 0.29) is 17.9 Å². The largest absolute Gasteiger partial charge is 0.493 e. The first-order chi connectivity index (χ1) is 13.1. The molecule has 7 nitrogen and oxygen atoms in total. The maximum Gasteiger partial charge on any atom is 0.244 e. The van der Waals surface area contributed by atoms with E-state index in [1.54, 1.807) is 7.11 Å². The molecule has 0 spiro atoms. The Labute approximate surface area is 157 Å². The lowest BCUT2D eigenvalue weighted by atomic mass is 9.84. The molecule has 0 amide bonds. The molecule has 1 aliphatic heterocycles. The second-order valence-corrected chi connectivity index (χ2v) is 6.93. The molecule has 140 valence electrons. The summed E-state index contributed by atoms with van der Waals surface area (Å²) in [5.41, 5.74) is 8.86. The lowest BCUT2D eigenvalue weighted by Crippen LogP contribution is -2.21. The van der Waals surface area contributed by atoms with Gasteiger partial charge in [0.25, 0.3) is 0 Å². The van der Waals surface area contributed by atoms with Crippen LogP contribution in [0.2, 0.25) is 0 Å². The molecule has 0 unspecified atom stereocenters. The number of nitrogens with zero attached hydrogens (tertiary/aromatic N) is 2. The number of fused-ring (bicyclic) bond motifs is 1. The number of nitrogens with two attached hydrogens (primary N) is 1. The molecule has 1 saturated carbocycles. The first-order valence-corrected chi connectivity index (χ1v) is 9.09. The fourth-order valence-electron chi connectivity index (χ4n) is 3.88. The zero-order valence-corrected chi connectivity index (χ0v) is 15.4. The van der Waals surface area contributed by atoms with E-state index < -0.39 is 0 Å². The summed E-state index contributed by atoms with van der Waals surface area (Å²) in [6, 6.07) is 7.94. The predicted molar refractivity (Wildman–Crippen MR) is 98.5 cm³/mol. The highest BCUT2D eigenvalue weighted by molar-refractivity contribution is 5.57. The summed E-state index contributed by atoms with van der Waals surface area (Å²) in [6.07, 6.45) is 4.78. The average molecular weight is 366 g/mol. The summed E-state index contributed by atoms with van der Waals surface area (Å²) < 4.78 is 17.2. The van der Waals surface area contributed by atoms with Crippen molar-refractivity contribution in [1.82, 2.24) is 10.2 Å². The number of aromatic nitrogens is 2. The fourth-order valence-corrected chi connectivity index (χ4v) is 3.88. The Hall–Kier alpha value is -3.14. The summed E-state index contributed by atoms with van der Waals surface area (Å²) in [5.74, 6) is 1.47. The molecular formula is C20H22N4O3. The molecular weight excluding hydrogens is 344 g/mol. The molecule has 0 bridgehead atoms. The standard InChI is InChI=1S/C20H22N4O3/c1-11-17-18(14(10-21)19(22)27-20(17)24-23-11)12-7-8-15(16(9-12)25-2)26-13-5-3-4-6-13/h7-9,13,18H,3-6,22H2,1-2H3,(H,23,24)/t18-/m1/s1. The van der Waals surface area contributed by atoms with E-state index >= 15 is 0 Å². The third kappa shape index (κ3) is 2.97. The summed E-state index contributed by atoms with van der Waals surface area (Å²) in [4.78, 5) is 0. The zero-order valence-electron chi connectivity index (χ0n) is 15.4. The quantitative estimate of drug-likeness (QED) is 0.860. The molecule has 7 heteroatoms. The number of benzene rings is 1. The van der Waals surface area contributed by atoms with Crippen LogP contribution in [0.4, 0.5) is 0 Å². The van der Waals surface area contributed by atoms with E-state index in [9.17, 15) is 5.26 Å². The number of aromatic amines is 1. The van der Waals surface area contributed by atoms with Crippen LogP contribution in [-0.4, -0.2) is 23.4 Å². The Morgan fingerprint density at radius 3 is 2.78 bits per heavy atom. The van der Waals surface area contributed by atoms with Crippen LogP contribution in [0.5, 0.6) is 17.4 Å². The number of hydrogen-bond acceptors (Lipinski definition) is 6. The van der Waals surface area contributed by atoms with Crippen molar-refractivity contribution in [3.63, 3.8) is 0 Å². The van der Waals surface area contributed by atoms with Crippen LogP contribution in [0.1, 0.15) is 48.4 Å². The van der Waals surface area contributed by atoms with Crippen LogP contribution in [0, 0.1) is 18.3 Å². The summed E-state index contributed by atoms with van der Waals surface area (Å²) in [7, 11) is 1.62. The Balaban J connectivity index is 1.75. The average Bonchev–Trinajstić information content (AvgIpc) is 3.31. The highest BCUT2D eigenvalue weighted by Gasteiger charge is 2.34. The molecule has 27 heavy (non-hydrogen) atoms. The van der Waals surface area contributed by atoms with E-state index in [0.29, 0.717) is 17.2 Å².